The highest BCUT2D eigenvalue weighted by atomic mass is 16.5. The van der Waals surface area contributed by atoms with Gasteiger partial charge in [0, 0.05) is 18.5 Å². The summed E-state index contributed by atoms with van der Waals surface area (Å²) >= 11 is 0. The number of amides is 1. The number of aliphatic hydroxyl groups is 1. The number of fused-ring (bicyclic) bond motifs is 1. The maximum Gasteiger partial charge on any atom is 0.295 e. The molecule has 4 rings (SSSR count). The Morgan fingerprint density at radius 3 is 2.55 bits per heavy atom. The third-order valence-corrected chi connectivity index (χ3v) is 7.28. The second kappa shape index (κ2) is 11.9. The van der Waals surface area contributed by atoms with Crippen LogP contribution in [0.3, 0.4) is 0 Å². The van der Waals surface area contributed by atoms with E-state index in [4.69, 9.17) is 14.2 Å². The molecule has 1 N–H and O–H groups in total. The van der Waals surface area contributed by atoms with E-state index >= 15 is 0 Å². The van der Waals surface area contributed by atoms with Crippen molar-refractivity contribution in [2.24, 2.45) is 0 Å². The molecule has 1 amide bonds. The third kappa shape index (κ3) is 5.36. The number of hydrogen-bond acceptors (Lipinski definition) is 7. The largest absolute Gasteiger partial charge is 0.507 e. The summed E-state index contributed by atoms with van der Waals surface area (Å²) in [7, 11) is 1.55. The first kappa shape index (κ1) is 27.5. The fourth-order valence-corrected chi connectivity index (χ4v) is 5.32. The van der Waals surface area contributed by atoms with Crippen molar-refractivity contribution in [3.8, 4) is 17.2 Å². The van der Waals surface area contributed by atoms with Gasteiger partial charge < -0.3 is 29.1 Å². The molecular weight excluding hydrogens is 484 g/mol. The molecule has 8 heteroatoms. The van der Waals surface area contributed by atoms with Gasteiger partial charge in [-0.3, -0.25) is 9.59 Å². The SMILES string of the molecule is CCOc1ccc([C@@H]2/C(=C(\O)c3ccc4c(c3)C[C@@H](C)O4)C(=O)C(=O)N2CCCN(CC)CC)cc1OC. The minimum absolute atomic E-state index is 0.0510. The van der Waals surface area contributed by atoms with Crippen LogP contribution in [-0.2, 0) is 16.0 Å². The lowest BCUT2D eigenvalue weighted by molar-refractivity contribution is -0.140. The molecule has 2 aliphatic heterocycles. The van der Waals surface area contributed by atoms with Crippen LogP contribution in [0.25, 0.3) is 5.76 Å². The molecule has 1 fully saturated rings. The normalized spacial score (nSPS) is 20.1. The number of methoxy groups -OCH3 is 1. The number of aliphatic hydroxyl groups excluding tert-OH is 1. The molecule has 2 atom stereocenters. The predicted molar refractivity (Wildman–Crippen MR) is 146 cm³/mol. The molecule has 0 bridgehead atoms. The van der Waals surface area contributed by atoms with Gasteiger partial charge in [0.25, 0.3) is 11.7 Å². The van der Waals surface area contributed by atoms with Gasteiger partial charge in [-0.2, -0.15) is 0 Å². The molecule has 204 valence electrons. The van der Waals surface area contributed by atoms with E-state index in [2.05, 4.69) is 18.7 Å². The van der Waals surface area contributed by atoms with E-state index in [1.54, 1.807) is 30.2 Å². The van der Waals surface area contributed by atoms with E-state index in [0.29, 0.717) is 42.2 Å². The van der Waals surface area contributed by atoms with Crippen LogP contribution in [0.1, 0.15) is 56.8 Å². The van der Waals surface area contributed by atoms with Crippen molar-refractivity contribution in [1.82, 2.24) is 9.80 Å². The standard InChI is InChI=1S/C30H38N2O6/c1-6-31(7-2)14-9-15-32-27(20-10-13-24(37-8-3)25(18-20)36-5)26(29(34)30(32)35)28(33)21-11-12-23-22(17-21)16-19(4)38-23/h10-13,17-19,27,33H,6-9,14-16H2,1-5H3/b28-26+/t19-,27-/m1/s1. The van der Waals surface area contributed by atoms with Crippen molar-refractivity contribution in [2.75, 3.05) is 39.9 Å². The molecule has 0 aliphatic carbocycles. The Morgan fingerprint density at radius 1 is 1.11 bits per heavy atom. The van der Waals surface area contributed by atoms with Gasteiger partial charge in [0.2, 0.25) is 0 Å². The van der Waals surface area contributed by atoms with Crippen molar-refractivity contribution in [2.45, 2.75) is 52.7 Å². The van der Waals surface area contributed by atoms with E-state index < -0.39 is 17.7 Å². The van der Waals surface area contributed by atoms with Gasteiger partial charge in [-0.25, -0.2) is 0 Å². The summed E-state index contributed by atoms with van der Waals surface area (Å²) in [5, 5.41) is 11.5. The monoisotopic (exact) mass is 522 g/mol. The number of carbonyl (C=O) groups is 2. The van der Waals surface area contributed by atoms with Gasteiger partial charge in [-0.1, -0.05) is 19.9 Å². The van der Waals surface area contributed by atoms with Gasteiger partial charge >= 0.3 is 0 Å². The summed E-state index contributed by atoms with van der Waals surface area (Å²) < 4.78 is 17.0. The smallest absolute Gasteiger partial charge is 0.295 e. The summed E-state index contributed by atoms with van der Waals surface area (Å²) in [5.74, 6) is 0.371. The van der Waals surface area contributed by atoms with E-state index in [1.807, 2.05) is 32.0 Å². The first-order valence-corrected chi connectivity index (χ1v) is 13.4. The first-order valence-electron chi connectivity index (χ1n) is 13.4. The highest BCUT2D eigenvalue weighted by molar-refractivity contribution is 6.46. The van der Waals surface area contributed by atoms with Crippen LogP contribution in [0.5, 0.6) is 17.2 Å². The Bertz CT molecular complexity index is 1220. The van der Waals surface area contributed by atoms with E-state index in [9.17, 15) is 14.7 Å². The fourth-order valence-electron chi connectivity index (χ4n) is 5.32. The molecular formula is C30H38N2O6. The Kier molecular flexibility index (Phi) is 8.62. The Morgan fingerprint density at radius 2 is 1.87 bits per heavy atom. The molecule has 0 aromatic heterocycles. The van der Waals surface area contributed by atoms with Crippen LogP contribution < -0.4 is 14.2 Å². The van der Waals surface area contributed by atoms with Gasteiger partial charge in [-0.15, -0.1) is 0 Å². The molecule has 1 saturated heterocycles. The lowest BCUT2D eigenvalue weighted by Gasteiger charge is -2.27. The second-order valence-corrected chi connectivity index (χ2v) is 9.67. The van der Waals surface area contributed by atoms with Crippen molar-refractivity contribution in [1.29, 1.82) is 0 Å². The van der Waals surface area contributed by atoms with E-state index in [-0.39, 0.29) is 17.4 Å². The van der Waals surface area contributed by atoms with Crippen molar-refractivity contribution < 1.29 is 28.9 Å². The average molecular weight is 523 g/mol. The van der Waals surface area contributed by atoms with Gasteiger partial charge in [-0.05, 0) is 81.4 Å². The minimum Gasteiger partial charge on any atom is -0.507 e. The van der Waals surface area contributed by atoms with Crippen LogP contribution in [-0.4, -0.2) is 72.6 Å². The maximum absolute atomic E-state index is 13.4. The summed E-state index contributed by atoms with van der Waals surface area (Å²) in [6, 6.07) is 10.0. The molecule has 2 heterocycles. The van der Waals surface area contributed by atoms with Crippen LogP contribution in [0.15, 0.2) is 42.0 Å². The Balaban J connectivity index is 1.78. The highest BCUT2D eigenvalue weighted by Gasteiger charge is 2.46. The number of ketones is 1. The van der Waals surface area contributed by atoms with Crippen LogP contribution in [0.4, 0.5) is 0 Å². The summed E-state index contributed by atoms with van der Waals surface area (Å²) in [6.45, 7) is 11.6. The molecule has 38 heavy (non-hydrogen) atoms. The molecule has 2 aliphatic rings. The molecule has 0 saturated carbocycles. The lowest BCUT2D eigenvalue weighted by atomic mass is 9.94. The number of benzene rings is 2. The number of likely N-dealkylation sites (tertiary alicyclic amines) is 1. The van der Waals surface area contributed by atoms with Crippen LogP contribution in [0, 0.1) is 0 Å². The van der Waals surface area contributed by atoms with Crippen LogP contribution in [0.2, 0.25) is 0 Å². The molecule has 0 spiro atoms. The van der Waals surface area contributed by atoms with Gasteiger partial charge in [0.1, 0.15) is 17.6 Å². The zero-order valence-corrected chi connectivity index (χ0v) is 23.0. The second-order valence-electron chi connectivity index (χ2n) is 9.67. The third-order valence-electron chi connectivity index (χ3n) is 7.28. The number of hydrogen-bond donors (Lipinski definition) is 1. The number of rotatable bonds is 11. The summed E-state index contributed by atoms with van der Waals surface area (Å²) in [4.78, 5) is 30.6. The number of carbonyl (C=O) groups excluding carboxylic acids is 2. The first-order chi connectivity index (χ1) is 18.3. The quantitative estimate of drug-likeness (QED) is 0.263. The fraction of sp³-hybridized carbons (Fsp3) is 0.467. The zero-order valence-electron chi connectivity index (χ0n) is 23.0. The highest BCUT2D eigenvalue weighted by Crippen LogP contribution is 2.42. The molecule has 0 unspecified atom stereocenters. The molecule has 2 aromatic rings. The molecule has 8 nitrogen and oxygen atoms in total. The zero-order chi connectivity index (χ0) is 27.4. The minimum atomic E-state index is -0.750. The Labute approximate surface area is 224 Å². The average Bonchev–Trinajstić information content (AvgIpc) is 3.42. The van der Waals surface area contributed by atoms with E-state index in [0.717, 1.165) is 37.4 Å². The van der Waals surface area contributed by atoms with E-state index in [1.165, 1.54) is 0 Å². The molecule has 2 aromatic carbocycles. The predicted octanol–water partition coefficient (Wildman–Crippen LogP) is 4.57. The molecule has 0 radical (unpaired) electrons. The number of nitrogens with zero attached hydrogens (tertiary/aromatic N) is 2. The number of ether oxygens (including phenoxy) is 3. The van der Waals surface area contributed by atoms with Crippen molar-refractivity contribution in [3.05, 3.63) is 58.7 Å². The Hall–Kier alpha value is -3.52. The topological polar surface area (TPSA) is 88.5 Å². The number of Topliss-reactive ketones (excluding diaryl/α,β-unsaturated/α-hetero) is 1. The van der Waals surface area contributed by atoms with Gasteiger partial charge in [0.05, 0.1) is 25.3 Å². The van der Waals surface area contributed by atoms with Crippen LogP contribution >= 0.6 is 0 Å². The van der Waals surface area contributed by atoms with Crippen molar-refractivity contribution in [3.63, 3.8) is 0 Å². The summed E-state index contributed by atoms with van der Waals surface area (Å²) in [5.41, 5.74) is 2.21. The van der Waals surface area contributed by atoms with Crippen molar-refractivity contribution >= 4 is 17.4 Å². The summed E-state index contributed by atoms with van der Waals surface area (Å²) in [6.07, 6.45) is 1.47. The maximum atomic E-state index is 13.4. The lowest BCUT2D eigenvalue weighted by Crippen LogP contribution is -2.33. The van der Waals surface area contributed by atoms with Gasteiger partial charge in [0.15, 0.2) is 11.5 Å².